The summed E-state index contributed by atoms with van der Waals surface area (Å²) in [5, 5.41) is 22.9. The topological polar surface area (TPSA) is 101 Å². The summed E-state index contributed by atoms with van der Waals surface area (Å²) in [6.45, 7) is 9.89. The van der Waals surface area contributed by atoms with Crippen molar-refractivity contribution < 1.29 is 33.7 Å². The van der Waals surface area contributed by atoms with E-state index >= 15 is 4.39 Å². The molecule has 0 aliphatic heterocycles. The summed E-state index contributed by atoms with van der Waals surface area (Å²) in [6.07, 6.45) is 4.29. The Labute approximate surface area is 195 Å². The lowest BCUT2D eigenvalue weighted by Gasteiger charge is -2.62. The highest BCUT2D eigenvalue weighted by molar-refractivity contribution is 6.01. The fourth-order valence-corrected chi connectivity index (χ4v) is 7.42. The summed E-state index contributed by atoms with van der Waals surface area (Å²) < 4.78 is 21.9. The van der Waals surface area contributed by atoms with E-state index < -0.39 is 58.4 Å². The Hall–Kier alpha value is -1.86. The van der Waals surface area contributed by atoms with Gasteiger partial charge >= 0.3 is 5.97 Å². The Kier molecular flexibility index (Phi) is 6.57. The van der Waals surface area contributed by atoms with Crippen molar-refractivity contribution in [2.75, 3.05) is 6.61 Å². The number of carbonyl (C=O) groups excluding carboxylic acids is 3. The first kappa shape index (κ1) is 25.8. The monoisotopic (exact) mass is 464 g/mol. The Morgan fingerprint density at radius 3 is 2.48 bits per heavy atom. The van der Waals surface area contributed by atoms with Crippen LogP contribution in [0, 0.1) is 28.6 Å². The third kappa shape index (κ3) is 3.29. The molecule has 0 bridgehead atoms. The average molecular weight is 465 g/mol. The SMILES string of the molecule is CC.CC(=O)OCC(=O)[C@@]1(O)[C@H](C)C[C@H]2[C@@H]3CCC4=CC(=O)C=C[C@]4(C)[C@@]3(F)[C@@H](O)C[C@@]21C. The fraction of sp³-hybridized carbons (Fsp3) is 0.731. The van der Waals surface area contributed by atoms with Crippen molar-refractivity contribution >= 4 is 17.5 Å². The van der Waals surface area contributed by atoms with Gasteiger partial charge in [0, 0.05) is 23.7 Å². The highest BCUT2D eigenvalue weighted by Gasteiger charge is 2.75. The van der Waals surface area contributed by atoms with E-state index in [4.69, 9.17) is 4.74 Å². The quantitative estimate of drug-likeness (QED) is 0.620. The fourth-order valence-electron chi connectivity index (χ4n) is 7.42. The number of rotatable bonds is 3. The van der Waals surface area contributed by atoms with Gasteiger partial charge in [0.05, 0.1) is 6.10 Å². The van der Waals surface area contributed by atoms with Gasteiger partial charge in [0.15, 0.2) is 18.1 Å². The van der Waals surface area contributed by atoms with Crippen molar-refractivity contribution in [3.8, 4) is 0 Å². The van der Waals surface area contributed by atoms with E-state index in [0.29, 0.717) is 24.8 Å². The molecule has 2 N–H and O–H groups in total. The van der Waals surface area contributed by atoms with Crippen LogP contribution in [0.3, 0.4) is 0 Å². The van der Waals surface area contributed by atoms with Crippen molar-refractivity contribution in [2.45, 2.75) is 84.6 Å². The Morgan fingerprint density at radius 1 is 1.24 bits per heavy atom. The van der Waals surface area contributed by atoms with Crippen LogP contribution in [-0.2, 0) is 19.1 Å². The van der Waals surface area contributed by atoms with Crippen LogP contribution >= 0.6 is 0 Å². The van der Waals surface area contributed by atoms with Crippen molar-refractivity contribution in [1.29, 1.82) is 0 Å². The lowest BCUT2D eigenvalue weighted by atomic mass is 9.44. The van der Waals surface area contributed by atoms with Gasteiger partial charge in [0.2, 0.25) is 5.78 Å². The number of Topliss-reactive ketones (excluding diaryl/α,β-unsaturated/α-hetero) is 1. The van der Waals surface area contributed by atoms with Crippen LogP contribution in [0.5, 0.6) is 0 Å². The summed E-state index contributed by atoms with van der Waals surface area (Å²) in [6, 6.07) is 0. The standard InChI is InChI=1S/C24H31FO6.C2H6/c1-13-9-18-17-6-5-15-10-16(27)7-8-21(15,3)23(17,25)19(28)11-22(18,4)24(13,30)20(29)12-31-14(2)26;1-2/h7-8,10,13,17-19,28,30H,5-6,9,11-12H2,1-4H3;1-2H3/t13-,17+,18+,19+,21+,22+,23+,24+;/m1./s1. The van der Waals surface area contributed by atoms with E-state index in [0.717, 1.165) is 0 Å². The van der Waals surface area contributed by atoms with Crippen LogP contribution in [0.4, 0.5) is 4.39 Å². The average Bonchev–Trinajstić information content (AvgIpc) is 2.96. The van der Waals surface area contributed by atoms with E-state index in [1.165, 1.54) is 19.1 Å². The number of ether oxygens (including phenoxy) is 1. The zero-order chi connectivity index (χ0) is 25.0. The number of hydrogen-bond donors (Lipinski definition) is 2. The molecule has 0 heterocycles. The minimum Gasteiger partial charge on any atom is -0.458 e. The Morgan fingerprint density at radius 2 is 1.88 bits per heavy atom. The number of aliphatic hydroxyl groups is 2. The second kappa shape index (κ2) is 8.42. The molecular formula is C26H37FO6. The second-order valence-corrected chi connectivity index (χ2v) is 10.4. The molecule has 184 valence electrons. The largest absolute Gasteiger partial charge is 0.458 e. The number of fused-ring (bicyclic) bond motifs is 5. The summed E-state index contributed by atoms with van der Waals surface area (Å²) in [4.78, 5) is 36.2. The maximum absolute atomic E-state index is 17.0. The van der Waals surface area contributed by atoms with E-state index in [-0.39, 0.29) is 18.1 Å². The molecule has 33 heavy (non-hydrogen) atoms. The molecule has 0 spiro atoms. The third-order valence-corrected chi connectivity index (χ3v) is 9.05. The summed E-state index contributed by atoms with van der Waals surface area (Å²) in [7, 11) is 0. The number of allylic oxidation sites excluding steroid dienone is 4. The maximum Gasteiger partial charge on any atom is 0.303 e. The van der Waals surface area contributed by atoms with Crippen molar-refractivity contribution in [2.24, 2.45) is 28.6 Å². The normalized spacial score (nSPS) is 45.6. The van der Waals surface area contributed by atoms with Crippen LogP contribution in [0.25, 0.3) is 0 Å². The maximum atomic E-state index is 17.0. The predicted octanol–water partition coefficient (Wildman–Crippen LogP) is 3.49. The molecule has 4 aliphatic rings. The molecule has 0 radical (unpaired) electrons. The van der Waals surface area contributed by atoms with Crippen molar-refractivity contribution in [3.63, 3.8) is 0 Å². The molecule has 3 fully saturated rings. The number of aliphatic hydroxyl groups excluding tert-OH is 1. The lowest BCUT2D eigenvalue weighted by molar-refractivity contribution is -0.219. The Balaban J connectivity index is 0.00000149. The van der Waals surface area contributed by atoms with Crippen molar-refractivity contribution in [3.05, 3.63) is 23.8 Å². The van der Waals surface area contributed by atoms with E-state index in [2.05, 4.69) is 0 Å². The van der Waals surface area contributed by atoms with Crippen LogP contribution < -0.4 is 0 Å². The lowest BCUT2D eigenvalue weighted by Crippen LogP contribution is -2.69. The van der Waals surface area contributed by atoms with Gasteiger partial charge in [0.1, 0.15) is 5.60 Å². The first-order chi connectivity index (χ1) is 15.3. The zero-order valence-corrected chi connectivity index (χ0v) is 20.5. The van der Waals surface area contributed by atoms with Crippen molar-refractivity contribution in [1.82, 2.24) is 0 Å². The molecule has 0 saturated heterocycles. The number of halogens is 1. The first-order valence-corrected chi connectivity index (χ1v) is 12.0. The van der Waals surface area contributed by atoms with Crippen LogP contribution in [0.2, 0.25) is 0 Å². The summed E-state index contributed by atoms with van der Waals surface area (Å²) in [5.41, 5.74) is -5.33. The van der Waals surface area contributed by atoms with Crippen LogP contribution in [-0.4, -0.2) is 51.7 Å². The van der Waals surface area contributed by atoms with Crippen LogP contribution in [0.1, 0.15) is 67.2 Å². The Bertz CT molecular complexity index is 910. The summed E-state index contributed by atoms with van der Waals surface area (Å²) >= 11 is 0. The minimum atomic E-state index is -2.01. The second-order valence-electron chi connectivity index (χ2n) is 10.4. The third-order valence-electron chi connectivity index (χ3n) is 9.05. The molecule has 0 aromatic carbocycles. The van der Waals surface area contributed by atoms with E-state index in [9.17, 15) is 24.6 Å². The van der Waals surface area contributed by atoms with Gasteiger partial charge in [-0.05, 0) is 56.6 Å². The molecule has 4 rings (SSSR count). The van der Waals surface area contributed by atoms with Gasteiger partial charge in [0.25, 0.3) is 0 Å². The first-order valence-electron chi connectivity index (χ1n) is 12.0. The highest BCUT2D eigenvalue weighted by atomic mass is 19.1. The molecule has 0 amide bonds. The molecule has 0 unspecified atom stereocenters. The smallest absolute Gasteiger partial charge is 0.303 e. The van der Waals surface area contributed by atoms with Gasteiger partial charge in [-0.25, -0.2) is 4.39 Å². The number of hydrogen-bond acceptors (Lipinski definition) is 6. The van der Waals surface area contributed by atoms with E-state index in [1.54, 1.807) is 26.8 Å². The van der Waals surface area contributed by atoms with E-state index in [1.807, 2.05) is 13.8 Å². The van der Waals surface area contributed by atoms with Gasteiger partial charge in [-0.3, -0.25) is 14.4 Å². The number of carbonyl (C=O) groups is 3. The molecule has 4 aliphatic carbocycles. The number of esters is 1. The zero-order valence-electron chi connectivity index (χ0n) is 20.5. The van der Waals surface area contributed by atoms with Crippen LogP contribution in [0.15, 0.2) is 23.8 Å². The van der Waals surface area contributed by atoms with Gasteiger partial charge in [-0.15, -0.1) is 0 Å². The minimum absolute atomic E-state index is 0.0953. The van der Waals surface area contributed by atoms with Gasteiger partial charge in [-0.1, -0.05) is 39.3 Å². The molecule has 0 aromatic heterocycles. The molecule has 6 nitrogen and oxygen atoms in total. The number of ketones is 2. The number of alkyl halides is 1. The molecular weight excluding hydrogens is 427 g/mol. The molecule has 0 aromatic rings. The molecule has 3 saturated carbocycles. The predicted molar refractivity (Wildman–Crippen MR) is 121 cm³/mol. The highest BCUT2D eigenvalue weighted by Crippen LogP contribution is 2.70. The summed E-state index contributed by atoms with van der Waals surface area (Å²) in [5.74, 6) is -2.80. The molecule has 7 heteroatoms. The van der Waals surface area contributed by atoms with Gasteiger partial charge < -0.3 is 14.9 Å². The molecule has 8 atom stereocenters. The van der Waals surface area contributed by atoms with Gasteiger partial charge in [-0.2, -0.15) is 0 Å².